The number of oxazole rings is 1. The molecule has 2 aromatic carbocycles. The molecule has 0 bridgehead atoms. The minimum atomic E-state index is -4.78. The number of nitrogens with zero attached hydrogens (tertiary/aromatic N) is 1. The smallest absolute Gasteiger partial charge is 0.487 e. The van der Waals surface area contributed by atoms with E-state index in [9.17, 15) is 22.4 Å². The highest BCUT2D eigenvalue weighted by Gasteiger charge is 2.31. The Morgan fingerprint density at radius 3 is 2.52 bits per heavy atom. The molecule has 0 aliphatic carbocycles. The second-order valence-electron chi connectivity index (χ2n) is 6.86. The van der Waals surface area contributed by atoms with Gasteiger partial charge in [0.1, 0.15) is 35.4 Å². The number of hydrogen-bond acceptors (Lipinski definition) is 7. The molecular formula is C22H20F4N2O5. The second-order valence-corrected chi connectivity index (χ2v) is 6.86. The van der Waals surface area contributed by atoms with Crippen molar-refractivity contribution in [2.75, 3.05) is 13.7 Å². The van der Waals surface area contributed by atoms with Gasteiger partial charge in [-0.1, -0.05) is 0 Å². The van der Waals surface area contributed by atoms with Crippen molar-refractivity contribution < 1.29 is 41.0 Å². The van der Waals surface area contributed by atoms with Gasteiger partial charge >= 0.3 is 12.3 Å². The van der Waals surface area contributed by atoms with Crippen molar-refractivity contribution in [2.24, 2.45) is 0 Å². The van der Waals surface area contributed by atoms with E-state index in [1.54, 1.807) is 13.0 Å². The van der Waals surface area contributed by atoms with Crippen molar-refractivity contribution in [1.82, 2.24) is 10.3 Å². The molecule has 0 unspecified atom stereocenters. The van der Waals surface area contributed by atoms with Gasteiger partial charge in [-0.25, -0.2) is 9.37 Å². The molecule has 33 heavy (non-hydrogen) atoms. The average Bonchev–Trinajstić information content (AvgIpc) is 3.11. The van der Waals surface area contributed by atoms with Crippen LogP contribution in [0.1, 0.15) is 17.0 Å². The van der Waals surface area contributed by atoms with Crippen molar-refractivity contribution in [3.63, 3.8) is 0 Å². The Hall–Kier alpha value is -3.60. The van der Waals surface area contributed by atoms with Gasteiger partial charge in [-0.05, 0) is 48.9 Å². The van der Waals surface area contributed by atoms with Crippen LogP contribution in [0.15, 0.2) is 46.9 Å². The van der Waals surface area contributed by atoms with Crippen molar-refractivity contribution in [2.45, 2.75) is 26.4 Å². The van der Waals surface area contributed by atoms with Crippen LogP contribution in [-0.4, -0.2) is 31.0 Å². The Labute approximate surface area is 186 Å². The zero-order chi connectivity index (χ0) is 24.0. The van der Waals surface area contributed by atoms with E-state index in [-0.39, 0.29) is 37.1 Å². The van der Waals surface area contributed by atoms with Gasteiger partial charge in [-0.3, -0.25) is 4.79 Å². The summed E-state index contributed by atoms with van der Waals surface area (Å²) in [7, 11) is 1.27. The van der Waals surface area contributed by atoms with E-state index in [0.717, 1.165) is 12.1 Å². The van der Waals surface area contributed by atoms with Crippen LogP contribution in [0.2, 0.25) is 0 Å². The number of esters is 1. The minimum Gasteiger partial charge on any atom is -0.487 e. The van der Waals surface area contributed by atoms with E-state index in [1.807, 2.05) is 0 Å². The van der Waals surface area contributed by atoms with Crippen LogP contribution < -0.4 is 14.8 Å². The standard InChI is InChI=1S/C22H20F4N2O5/c1-13-19(28-21(32-13)15-3-5-17(6-4-15)33-22(24,25)26)12-31-18-8-14(7-16(23)9-18)10-27-11-20(29)30-2/h3-9,27H,10-12H2,1-2H3. The average molecular weight is 468 g/mol. The maximum atomic E-state index is 13.9. The molecule has 0 radical (unpaired) electrons. The zero-order valence-corrected chi connectivity index (χ0v) is 17.7. The first-order valence-electron chi connectivity index (χ1n) is 9.65. The second kappa shape index (κ2) is 10.3. The predicted octanol–water partition coefficient (Wildman–Crippen LogP) is 4.53. The highest BCUT2D eigenvalue weighted by Crippen LogP contribution is 2.28. The Bertz CT molecular complexity index is 1100. The molecular weight excluding hydrogens is 448 g/mol. The molecule has 0 saturated carbocycles. The molecule has 11 heteroatoms. The van der Waals surface area contributed by atoms with Gasteiger partial charge < -0.3 is 23.9 Å². The lowest BCUT2D eigenvalue weighted by atomic mass is 10.2. The van der Waals surface area contributed by atoms with Crippen LogP contribution in [-0.2, 0) is 22.7 Å². The quantitative estimate of drug-likeness (QED) is 0.365. The summed E-state index contributed by atoms with van der Waals surface area (Å²) in [6.07, 6.45) is -4.78. The number of carbonyl (C=O) groups excluding carboxylic acids is 1. The van der Waals surface area contributed by atoms with Crippen molar-refractivity contribution in [3.05, 3.63) is 65.3 Å². The number of alkyl halides is 3. The van der Waals surface area contributed by atoms with Crippen LogP contribution in [0.5, 0.6) is 11.5 Å². The van der Waals surface area contributed by atoms with Gasteiger partial charge in [0.15, 0.2) is 0 Å². The SMILES string of the molecule is COC(=O)CNCc1cc(F)cc(OCc2nc(-c3ccc(OC(F)(F)F)cc3)oc2C)c1. The van der Waals surface area contributed by atoms with Crippen LogP contribution in [0, 0.1) is 12.7 Å². The van der Waals surface area contributed by atoms with Gasteiger partial charge in [0, 0.05) is 18.2 Å². The topological polar surface area (TPSA) is 82.8 Å². The molecule has 0 saturated heterocycles. The maximum absolute atomic E-state index is 13.9. The van der Waals surface area contributed by atoms with Crippen LogP contribution >= 0.6 is 0 Å². The lowest BCUT2D eigenvalue weighted by molar-refractivity contribution is -0.274. The monoisotopic (exact) mass is 468 g/mol. The Balaban J connectivity index is 1.64. The van der Waals surface area contributed by atoms with E-state index in [1.165, 1.54) is 31.4 Å². The summed E-state index contributed by atoms with van der Waals surface area (Å²) in [5.41, 5.74) is 1.45. The van der Waals surface area contributed by atoms with E-state index in [4.69, 9.17) is 9.15 Å². The van der Waals surface area contributed by atoms with E-state index in [0.29, 0.717) is 22.6 Å². The molecule has 176 valence electrons. The summed E-state index contributed by atoms with van der Waals surface area (Å²) in [6.45, 7) is 1.84. The van der Waals surface area contributed by atoms with Gasteiger partial charge in [0.25, 0.3) is 0 Å². The number of hydrogen-bond donors (Lipinski definition) is 1. The fraction of sp³-hybridized carbons (Fsp3) is 0.273. The van der Waals surface area contributed by atoms with Gasteiger partial charge in [0.2, 0.25) is 5.89 Å². The van der Waals surface area contributed by atoms with Gasteiger partial charge in [-0.15, -0.1) is 13.2 Å². The number of carbonyl (C=O) groups is 1. The molecule has 0 atom stereocenters. The number of aromatic nitrogens is 1. The lowest BCUT2D eigenvalue weighted by Crippen LogP contribution is -2.23. The highest BCUT2D eigenvalue weighted by molar-refractivity contribution is 5.71. The molecule has 0 spiro atoms. The Morgan fingerprint density at radius 2 is 1.85 bits per heavy atom. The first-order valence-corrected chi connectivity index (χ1v) is 9.65. The largest absolute Gasteiger partial charge is 0.573 e. The number of rotatable bonds is 9. The fourth-order valence-electron chi connectivity index (χ4n) is 2.82. The number of benzene rings is 2. The third-order valence-electron chi connectivity index (χ3n) is 4.36. The third kappa shape index (κ3) is 7.21. The number of aryl methyl sites for hydroxylation is 1. The normalized spacial score (nSPS) is 11.3. The molecule has 0 aliphatic heterocycles. The summed E-state index contributed by atoms with van der Waals surface area (Å²) in [5.74, 6) is -0.430. The molecule has 0 aliphatic rings. The summed E-state index contributed by atoms with van der Waals surface area (Å²) in [5, 5.41) is 2.83. The highest BCUT2D eigenvalue weighted by atomic mass is 19.4. The molecule has 7 nitrogen and oxygen atoms in total. The molecule has 3 aromatic rings. The van der Waals surface area contributed by atoms with Crippen molar-refractivity contribution in [1.29, 1.82) is 0 Å². The van der Waals surface area contributed by atoms with Crippen molar-refractivity contribution in [3.8, 4) is 23.0 Å². The van der Waals surface area contributed by atoms with Crippen LogP contribution in [0.25, 0.3) is 11.5 Å². The molecule has 1 N–H and O–H groups in total. The molecule has 3 rings (SSSR count). The molecule has 0 fully saturated rings. The van der Waals surface area contributed by atoms with Gasteiger partial charge in [0.05, 0.1) is 13.7 Å². The first kappa shape index (κ1) is 24.1. The van der Waals surface area contributed by atoms with Gasteiger partial charge in [-0.2, -0.15) is 0 Å². The van der Waals surface area contributed by atoms with E-state index >= 15 is 0 Å². The summed E-state index contributed by atoms with van der Waals surface area (Å²) < 4.78 is 70.4. The molecule has 1 aromatic heterocycles. The first-order chi connectivity index (χ1) is 15.6. The summed E-state index contributed by atoms with van der Waals surface area (Å²) in [6, 6.07) is 9.21. The van der Waals surface area contributed by atoms with Crippen molar-refractivity contribution >= 4 is 5.97 Å². The number of nitrogens with one attached hydrogen (secondary N) is 1. The van der Waals surface area contributed by atoms with E-state index in [2.05, 4.69) is 19.8 Å². The maximum Gasteiger partial charge on any atom is 0.573 e. The summed E-state index contributed by atoms with van der Waals surface area (Å²) in [4.78, 5) is 15.5. The van der Waals surface area contributed by atoms with Crippen LogP contribution in [0.4, 0.5) is 17.6 Å². The molecule has 1 heterocycles. The predicted molar refractivity (Wildman–Crippen MR) is 108 cm³/mol. The zero-order valence-electron chi connectivity index (χ0n) is 17.7. The summed E-state index contributed by atoms with van der Waals surface area (Å²) >= 11 is 0. The van der Waals surface area contributed by atoms with Crippen LogP contribution in [0.3, 0.4) is 0 Å². The Morgan fingerprint density at radius 1 is 1.12 bits per heavy atom. The Kier molecular flexibility index (Phi) is 7.54. The third-order valence-corrected chi connectivity index (χ3v) is 4.36. The molecule has 0 amide bonds. The lowest BCUT2D eigenvalue weighted by Gasteiger charge is -2.09. The number of ether oxygens (including phenoxy) is 3. The van der Waals surface area contributed by atoms with E-state index < -0.39 is 18.1 Å². The number of methoxy groups -OCH3 is 1. The fourth-order valence-corrected chi connectivity index (χ4v) is 2.82. The number of halogens is 4. The minimum absolute atomic E-state index is 0.0204.